The van der Waals surface area contributed by atoms with Crippen molar-refractivity contribution in [1.82, 2.24) is 20.1 Å². The van der Waals surface area contributed by atoms with Gasteiger partial charge >= 0.3 is 12.4 Å². The first-order valence-corrected chi connectivity index (χ1v) is 15.0. The molecule has 3 aromatic carbocycles. The number of para-hydroxylation sites is 1. The summed E-state index contributed by atoms with van der Waals surface area (Å²) in [7, 11) is 0. The average molecular weight is 621 g/mol. The monoisotopic (exact) mass is 620 g/mol. The van der Waals surface area contributed by atoms with E-state index in [4.69, 9.17) is 0 Å². The molecule has 6 rings (SSSR count). The molecule has 44 heavy (non-hydrogen) atoms. The SMILES string of the molecule is CCCc1ccccc1N1C(=O)CSC1=NC(=O)NC1CC1c1ccc(-c2ncn(-c3ccc(OC(F)(F)F)cc3)n2)cc1. The minimum Gasteiger partial charge on any atom is -0.406 e. The maximum absolute atomic E-state index is 12.8. The molecule has 1 N–H and O–H groups in total. The van der Waals surface area contributed by atoms with Crippen molar-refractivity contribution < 1.29 is 27.5 Å². The topological polar surface area (TPSA) is 102 Å². The van der Waals surface area contributed by atoms with Gasteiger partial charge in [-0.15, -0.1) is 18.3 Å². The molecule has 1 saturated carbocycles. The van der Waals surface area contributed by atoms with E-state index in [-0.39, 0.29) is 29.4 Å². The fraction of sp³-hybridized carbons (Fsp3) is 0.258. The van der Waals surface area contributed by atoms with E-state index in [2.05, 4.69) is 32.1 Å². The van der Waals surface area contributed by atoms with Crippen LogP contribution in [0.5, 0.6) is 5.75 Å². The summed E-state index contributed by atoms with van der Waals surface area (Å²) in [4.78, 5) is 35.7. The zero-order chi connectivity index (χ0) is 30.8. The highest BCUT2D eigenvalue weighted by atomic mass is 32.2. The normalized spacial score (nSPS) is 19.0. The van der Waals surface area contributed by atoms with Crippen LogP contribution in [-0.4, -0.2) is 50.0 Å². The summed E-state index contributed by atoms with van der Waals surface area (Å²) in [5.74, 6) is 0.415. The van der Waals surface area contributed by atoms with Crippen molar-refractivity contribution in [3.05, 3.63) is 90.3 Å². The number of amides is 3. The Balaban J connectivity index is 1.07. The van der Waals surface area contributed by atoms with Crippen LogP contribution in [0.2, 0.25) is 0 Å². The van der Waals surface area contributed by atoms with E-state index < -0.39 is 12.4 Å². The Morgan fingerprint density at radius 2 is 1.84 bits per heavy atom. The van der Waals surface area contributed by atoms with Crippen molar-refractivity contribution in [2.45, 2.75) is 44.5 Å². The molecule has 4 aromatic rings. The molecule has 2 atom stereocenters. The van der Waals surface area contributed by atoms with Crippen molar-refractivity contribution in [2.24, 2.45) is 4.99 Å². The van der Waals surface area contributed by atoms with Crippen LogP contribution in [0.25, 0.3) is 17.1 Å². The van der Waals surface area contributed by atoms with Crippen LogP contribution in [0.1, 0.15) is 36.8 Å². The number of nitrogens with zero attached hydrogens (tertiary/aromatic N) is 5. The third kappa shape index (κ3) is 6.62. The lowest BCUT2D eigenvalue weighted by molar-refractivity contribution is -0.274. The van der Waals surface area contributed by atoms with Crippen LogP contribution < -0.4 is 15.0 Å². The Morgan fingerprint density at radius 3 is 2.57 bits per heavy atom. The van der Waals surface area contributed by atoms with E-state index >= 15 is 0 Å². The summed E-state index contributed by atoms with van der Waals surface area (Å²) in [5, 5.41) is 7.79. The van der Waals surface area contributed by atoms with E-state index in [1.807, 2.05) is 48.5 Å². The quantitative estimate of drug-likeness (QED) is 0.242. The van der Waals surface area contributed by atoms with E-state index in [0.717, 1.165) is 41.6 Å². The molecular formula is C31H27F3N6O3S. The van der Waals surface area contributed by atoms with E-state index in [1.165, 1.54) is 47.0 Å². The van der Waals surface area contributed by atoms with E-state index in [1.54, 1.807) is 4.90 Å². The van der Waals surface area contributed by atoms with Gasteiger partial charge in [0.2, 0.25) is 5.91 Å². The van der Waals surface area contributed by atoms with Gasteiger partial charge in [-0.3, -0.25) is 9.69 Å². The Bertz CT molecular complexity index is 1710. The predicted molar refractivity (Wildman–Crippen MR) is 161 cm³/mol. The van der Waals surface area contributed by atoms with Crippen molar-refractivity contribution in [1.29, 1.82) is 0 Å². The molecule has 1 saturated heterocycles. The van der Waals surface area contributed by atoms with Crippen LogP contribution in [-0.2, 0) is 11.2 Å². The molecule has 226 valence electrons. The summed E-state index contributed by atoms with van der Waals surface area (Å²) in [5.41, 5.74) is 4.16. The summed E-state index contributed by atoms with van der Waals surface area (Å²) in [6, 6.07) is 20.2. The highest BCUT2D eigenvalue weighted by Gasteiger charge is 2.40. The molecule has 13 heteroatoms. The number of aromatic nitrogens is 3. The minimum atomic E-state index is -4.76. The number of alkyl halides is 3. The Morgan fingerprint density at radius 1 is 1.09 bits per heavy atom. The number of anilines is 1. The number of carbonyl (C=O) groups is 2. The van der Waals surface area contributed by atoms with Gasteiger partial charge in [0.05, 0.1) is 17.1 Å². The van der Waals surface area contributed by atoms with Crippen molar-refractivity contribution in [3.63, 3.8) is 0 Å². The third-order valence-electron chi connectivity index (χ3n) is 7.24. The van der Waals surface area contributed by atoms with Crippen LogP contribution in [0.15, 0.2) is 84.1 Å². The molecule has 1 aliphatic heterocycles. The summed E-state index contributed by atoms with van der Waals surface area (Å²) in [6.07, 6.45) is -0.746. The second kappa shape index (κ2) is 12.2. The zero-order valence-corrected chi connectivity index (χ0v) is 24.3. The van der Waals surface area contributed by atoms with Crippen molar-refractivity contribution >= 4 is 34.6 Å². The van der Waals surface area contributed by atoms with Crippen LogP contribution in [0.3, 0.4) is 0 Å². The van der Waals surface area contributed by atoms with Crippen LogP contribution in [0.4, 0.5) is 23.7 Å². The van der Waals surface area contributed by atoms with E-state index in [0.29, 0.717) is 16.7 Å². The second-order valence-electron chi connectivity index (χ2n) is 10.4. The number of halogens is 3. The first-order valence-electron chi connectivity index (χ1n) is 14.0. The van der Waals surface area contributed by atoms with Gasteiger partial charge in [0.25, 0.3) is 0 Å². The van der Waals surface area contributed by atoms with Gasteiger partial charge in [0, 0.05) is 17.5 Å². The van der Waals surface area contributed by atoms with Crippen molar-refractivity contribution in [2.75, 3.05) is 10.7 Å². The number of amidine groups is 1. The van der Waals surface area contributed by atoms with Gasteiger partial charge in [-0.25, -0.2) is 14.5 Å². The molecule has 0 spiro atoms. The maximum Gasteiger partial charge on any atom is 0.573 e. The van der Waals surface area contributed by atoms with Gasteiger partial charge in [0.15, 0.2) is 11.0 Å². The molecular weight excluding hydrogens is 593 g/mol. The number of thioether (sulfide) groups is 1. The molecule has 3 amide bonds. The number of benzene rings is 3. The van der Waals surface area contributed by atoms with Crippen LogP contribution in [0, 0.1) is 0 Å². The first kappa shape index (κ1) is 29.4. The predicted octanol–water partition coefficient (Wildman–Crippen LogP) is 6.49. The molecule has 1 aromatic heterocycles. The van der Waals surface area contributed by atoms with Gasteiger partial charge in [-0.2, -0.15) is 4.99 Å². The number of nitrogens with one attached hydrogen (secondary N) is 1. The maximum atomic E-state index is 12.8. The van der Waals surface area contributed by atoms with Gasteiger partial charge < -0.3 is 10.1 Å². The Hall–Kier alpha value is -4.65. The number of carbonyl (C=O) groups excluding carboxylic acids is 2. The number of urea groups is 1. The standard InChI is InChI=1S/C31H27F3N6O3S/c1-2-5-20-6-3-4-7-26(20)40-27(41)17-44-30(40)37-29(42)36-25-16-24(25)19-8-10-21(11-9-19)28-35-18-39(38-28)22-12-14-23(15-13-22)43-31(32,33)34/h3-4,6-15,18,24-25H,2,5,16-17H2,1H3,(H,36,42). The first-order chi connectivity index (χ1) is 21.2. The molecule has 2 heterocycles. The lowest BCUT2D eigenvalue weighted by Crippen LogP contribution is -2.32. The largest absolute Gasteiger partial charge is 0.573 e. The highest BCUT2D eigenvalue weighted by molar-refractivity contribution is 8.15. The summed E-state index contributed by atoms with van der Waals surface area (Å²) >= 11 is 1.26. The molecule has 0 radical (unpaired) electrons. The summed E-state index contributed by atoms with van der Waals surface area (Å²) in [6.45, 7) is 2.08. The fourth-order valence-electron chi connectivity index (χ4n) is 5.09. The van der Waals surface area contributed by atoms with Gasteiger partial charge in [0.1, 0.15) is 12.1 Å². The van der Waals surface area contributed by atoms with Gasteiger partial charge in [-0.1, -0.05) is 67.6 Å². The molecule has 2 fully saturated rings. The smallest absolute Gasteiger partial charge is 0.406 e. The Labute approximate surface area is 255 Å². The number of aliphatic imine (C=N–C) groups is 1. The second-order valence-corrected chi connectivity index (χ2v) is 11.3. The van der Waals surface area contributed by atoms with E-state index in [9.17, 15) is 22.8 Å². The molecule has 2 unspecified atom stereocenters. The average Bonchev–Trinajstić information content (AvgIpc) is 3.40. The van der Waals surface area contributed by atoms with Gasteiger partial charge in [-0.05, 0) is 54.3 Å². The lowest BCUT2D eigenvalue weighted by atomic mass is 10.1. The summed E-state index contributed by atoms with van der Waals surface area (Å²) < 4.78 is 42.6. The minimum absolute atomic E-state index is 0.0673. The lowest BCUT2D eigenvalue weighted by Gasteiger charge is -2.19. The molecule has 0 bridgehead atoms. The van der Waals surface area contributed by atoms with Crippen LogP contribution >= 0.6 is 11.8 Å². The number of aryl methyl sites for hydroxylation is 1. The molecule has 1 aliphatic carbocycles. The number of hydrogen-bond donors (Lipinski definition) is 1. The fourth-order valence-corrected chi connectivity index (χ4v) is 5.95. The third-order valence-corrected chi connectivity index (χ3v) is 8.16. The van der Waals surface area contributed by atoms with Crippen molar-refractivity contribution in [3.8, 4) is 22.8 Å². The zero-order valence-electron chi connectivity index (χ0n) is 23.5. The number of ether oxygens (including phenoxy) is 1. The number of rotatable bonds is 8. The highest BCUT2D eigenvalue weighted by Crippen LogP contribution is 2.41. The molecule has 2 aliphatic rings. The Kier molecular flexibility index (Phi) is 8.13. The molecule has 9 nitrogen and oxygen atoms in total. The number of hydrogen-bond acceptors (Lipinski definition) is 6.